The Bertz CT molecular complexity index is 1020. The Morgan fingerprint density at radius 3 is 2.62 bits per heavy atom. The second-order valence-corrected chi connectivity index (χ2v) is 7.52. The Balaban J connectivity index is 1.69. The van der Waals surface area contributed by atoms with Crippen LogP contribution in [0.5, 0.6) is 0 Å². The van der Waals surface area contributed by atoms with Gasteiger partial charge in [0, 0.05) is 24.0 Å². The van der Waals surface area contributed by atoms with E-state index < -0.39 is 11.4 Å². The Morgan fingerprint density at radius 1 is 1.15 bits per heavy atom. The number of H-pyrrole nitrogens is 1. The molecule has 5 heteroatoms. The van der Waals surface area contributed by atoms with Crippen molar-refractivity contribution < 1.29 is 14.7 Å². The van der Waals surface area contributed by atoms with Gasteiger partial charge < -0.3 is 15.0 Å². The van der Waals surface area contributed by atoms with Gasteiger partial charge in [-0.2, -0.15) is 0 Å². The molecule has 3 aromatic rings. The number of carbonyl (C=O) groups excluding carboxylic acids is 1. The summed E-state index contributed by atoms with van der Waals surface area (Å²) in [6.45, 7) is 4.56. The molecule has 1 atom stereocenters. The molecule has 2 heterocycles. The number of hydrogen-bond donors (Lipinski definition) is 2. The number of fused-ring (bicyclic) bond motifs is 3. The van der Waals surface area contributed by atoms with Crippen molar-refractivity contribution in [1.82, 2.24) is 9.88 Å². The van der Waals surface area contributed by atoms with Crippen molar-refractivity contribution in [2.45, 2.75) is 20.3 Å². The minimum Gasteiger partial charge on any atom is -0.481 e. The van der Waals surface area contributed by atoms with Crippen molar-refractivity contribution in [2.75, 3.05) is 13.1 Å². The standard InChI is InChI=1S/C21H22N2O3/c1-13(2)21(20(25)26)9-10-23(12-21)19(24)18-11-16-15-6-4-3-5-14(15)7-8-17(16)22-18/h3-8,11,13,22H,9-10,12H2,1-2H3,(H,25,26). The lowest BCUT2D eigenvalue weighted by atomic mass is 9.76. The Hall–Kier alpha value is -2.82. The highest BCUT2D eigenvalue weighted by atomic mass is 16.4. The summed E-state index contributed by atoms with van der Waals surface area (Å²) < 4.78 is 0. The molecule has 0 radical (unpaired) electrons. The van der Waals surface area contributed by atoms with Crippen molar-refractivity contribution in [3.63, 3.8) is 0 Å². The minimum atomic E-state index is -0.853. The molecular formula is C21H22N2O3. The van der Waals surface area contributed by atoms with Crippen LogP contribution in [-0.2, 0) is 4.79 Å². The number of hydrogen-bond acceptors (Lipinski definition) is 2. The highest BCUT2D eigenvalue weighted by molar-refractivity contribution is 6.09. The zero-order chi connectivity index (χ0) is 18.5. The number of benzene rings is 2. The van der Waals surface area contributed by atoms with E-state index in [0.29, 0.717) is 18.7 Å². The first kappa shape index (κ1) is 16.6. The summed E-state index contributed by atoms with van der Waals surface area (Å²) >= 11 is 0. The van der Waals surface area contributed by atoms with Crippen LogP contribution in [0.4, 0.5) is 0 Å². The maximum atomic E-state index is 13.0. The van der Waals surface area contributed by atoms with E-state index >= 15 is 0 Å². The molecule has 1 unspecified atom stereocenters. The molecule has 2 aromatic carbocycles. The molecule has 4 rings (SSSR count). The fourth-order valence-electron chi connectivity index (χ4n) is 4.07. The Labute approximate surface area is 151 Å². The first-order valence-corrected chi connectivity index (χ1v) is 8.95. The number of rotatable bonds is 3. The van der Waals surface area contributed by atoms with Crippen molar-refractivity contribution in [2.24, 2.45) is 11.3 Å². The van der Waals surface area contributed by atoms with E-state index in [2.05, 4.69) is 4.98 Å². The fourth-order valence-corrected chi connectivity index (χ4v) is 4.07. The first-order chi connectivity index (χ1) is 12.4. The highest BCUT2D eigenvalue weighted by Gasteiger charge is 2.48. The molecule has 1 aromatic heterocycles. The molecule has 134 valence electrons. The van der Waals surface area contributed by atoms with Gasteiger partial charge in [0.05, 0.1) is 5.41 Å². The van der Waals surface area contributed by atoms with E-state index in [4.69, 9.17) is 0 Å². The third-order valence-corrected chi connectivity index (χ3v) is 5.88. The molecular weight excluding hydrogens is 328 g/mol. The summed E-state index contributed by atoms with van der Waals surface area (Å²) in [5.41, 5.74) is 0.579. The largest absolute Gasteiger partial charge is 0.481 e. The molecule has 1 saturated heterocycles. The molecule has 5 nitrogen and oxygen atoms in total. The van der Waals surface area contributed by atoms with E-state index in [-0.39, 0.29) is 18.4 Å². The number of amides is 1. The molecule has 26 heavy (non-hydrogen) atoms. The molecule has 0 bridgehead atoms. The van der Waals surface area contributed by atoms with Gasteiger partial charge in [0.2, 0.25) is 0 Å². The van der Waals surface area contributed by atoms with Crippen LogP contribution >= 0.6 is 0 Å². The summed E-state index contributed by atoms with van der Waals surface area (Å²) in [6, 6.07) is 14.0. The lowest BCUT2D eigenvalue weighted by Gasteiger charge is -2.28. The predicted molar refractivity (Wildman–Crippen MR) is 101 cm³/mol. The molecule has 2 N–H and O–H groups in total. The number of nitrogens with zero attached hydrogens (tertiary/aromatic N) is 1. The summed E-state index contributed by atoms with van der Waals surface area (Å²) in [7, 11) is 0. The summed E-state index contributed by atoms with van der Waals surface area (Å²) in [5.74, 6) is -0.969. The van der Waals surface area contributed by atoms with E-state index in [1.165, 1.54) is 0 Å². The summed E-state index contributed by atoms with van der Waals surface area (Å²) in [5, 5.41) is 12.9. The average Bonchev–Trinajstić information content (AvgIpc) is 3.26. The normalized spacial score (nSPS) is 20.3. The van der Waals surface area contributed by atoms with Crippen LogP contribution in [0.25, 0.3) is 21.7 Å². The monoisotopic (exact) mass is 350 g/mol. The van der Waals surface area contributed by atoms with Crippen molar-refractivity contribution in [3.8, 4) is 0 Å². The molecule has 0 saturated carbocycles. The van der Waals surface area contributed by atoms with E-state index in [1.54, 1.807) is 4.90 Å². The molecule has 0 spiro atoms. The van der Waals surface area contributed by atoms with Crippen molar-refractivity contribution in [3.05, 3.63) is 48.2 Å². The van der Waals surface area contributed by atoms with Gasteiger partial charge in [0.1, 0.15) is 5.69 Å². The molecule has 1 amide bonds. The lowest BCUT2D eigenvalue weighted by molar-refractivity contribution is -0.150. The number of carbonyl (C=O) groups is 2. The number of aromatic nitrogens is 1. The molecule has 1 aliphatic heterocycles. The van der Waals surface area contributed by atoms with Crippen LogP contribution in [0.2, 0.25) is 0 Å². The minimum absolute atomic E-state index is 0.0237. The Morgan fingerprint density at radius 2 is 1.92 bits per heavy atom. The highest BCUT2D eigenvalue weighted by Crippen LogP contribution is 2.39. The van der Waals surface area contributed by atoms with Gasteiger partial charge >= 0.3 is 5.97 Å². The average molecular weight is 350 g/mol. The Kier molecular flexibility index (Phi) is 3.75. The van der Waals surface area contributed by atoms with Gasteiger partial charge in [0.15, 0.2) is 0 Å². The van der Waals surface area contributed by atoms with Crippen LogP contribution in [0.3, 0.4) is 0 Å². The predicted octanol–water partition coefficient (Wildman–Crippen LogP) is 3.89. The van der Waals surface area contributed by atoms with E-state index in [0.717, 1.165) is 21.7 Å². The number of aliphatic carboxylic acids is 1. The topological polar surface area (TPSA) is 73.4 Å². The maximum absolute atomic E-state index is 13.0. The van der Waals surface area contributed by atoms with E-state index in [1.807, 2.05) is 56.3 Å². The van der Waals surface area contributed by atoms with Crippen LogP contribution in [0, 0.1) is 11.3 Å². The second-order valence-electron chi connectivity index (χ2n) is 7.52. The zero-order valence-corrected chi connectivity index (χ0v) is 15.0. The van der Waals surface area contributed by atoms with Gasteiger partial charge in [-0.3, -0.25) is 9.59 Å². The number of carboxylic acid groups (broad SMARTS) is 1. The summed E-state index contributed by atoms with van der Waals surface area (Å²) in [4.78, 5) is 29.7. The molecule has 1 fully saturated rings. The first-order valence-electron chi connectivity index (χ1n) is 8.95. The second kappa shape index (κ2) is 5.87. The smallest absolute Gasteiger partial charge is 0.311 e. The van der Waals surface area contributed by atoms with Crippen molar-refractivity contribution >= 4 is 33.6 Å². The van der Waals surface area contributed by atoms with Crippen LogP contribution in [0.1, 0.15) is 30.8 Å². The van der Waals surface area contributed by atoms with Gasteiger partial charge in [-0.05, 0) is 35.2 Å². The van der Waals surface area contributed by atoms with Gasteiger partial charge in [-0.1, -0.05) is 44.2 Å². The lowest BCUT2D eigenvalue weighted by Crippen LogP contribution is -2.40. The molecule has 1 aliphatic rings. The van der Waals surface area contributed by atoms with Crippen molar-refractivity contribution in [1.29, 1.82) is 0 Å². The number of carboxylic acids is 1. The van der Waals surface area contributed by atoms with Crippen LogP contribution in [-0.4, -0.2) is 40.0 Å². The molecule has 0 aliphatic carbocycles. The summed E-state index contributed by atoms with van der Waals surface area (Å²) in [6.07, 6.45) is 0.495. The third kappa shape index (κ3) is 2.38. The third-order valence-electron chi connectivity index (χ3n) is 5.88. The SMILES string of the molecule is CC(C)C1(C(=O)O)CCN(C(=O)c2cc3c(ccc4ccccc43)[nH]2)C1. The number of nitrogens with one attached hydrogen (secondary N) is 1. The maximum Gasteiger partial charge on any atom is 0.311 e. The van der Waals surface area contributed by atoms with Gasteiger partial charge in [-0.15, -0.1) is 0 Å². The van der Waals surface area contributed by atoms with E-state index in [9.17, 15) is 14.7 Å². The van der Waals surface area contributed by atoms with Gasteiger partial charge in [0.25, 0.3) is 5.91 Å². The van der Waals surface area contributed by atoms with Crippen LogP contribution < -0.4 is 0 Å². The zero-order valence-electron chi connectivity index (χ0n) is 15.0. The quantitative estimate of drug-likeness (QED) is 0.752. The van der Waals surface area contributed by atoms with Crippen LogP contribution in [0.15, 0.2) is 42.5 Å². The number of aromatic amines is 1. The fraction of sp³-hybridized carbons (Fsp3) is 0.333. The van der Waals surface area contributed by atoms with Gasteiger partial charge in [-0.25, -0.2) is 0 Å². The number of likely N-dealkylation sites (tertiary alicyclic amines) is 1.